The number of hydrogen-bond donors (Lipinski definition) is 1. The number of nitrogens with one attached hydrogen (secondary N) is 1. The molecule has 16 heavy (non-hydrogen) atoms. The van der Waals surface area contributed by atoms with E-state index in [0.29, 0.717) is 11.4 Å². The van der Waals surface area contributed by atoms with Gasteiger partial charge >= 0.3 is 0 Å². The maximum atomic E-state index is 12.4. The van der Waals surface area contributed by atoms with Gasteiger partial charge < -0.3 is 5.32 Å². The fourth-order valence-electron chi connectivity index (χ4n) is 2.10. The molecule has 4 heteroatoms. The van der Waals surface area contributed by atoms with Crippen molar-refractivity contribution in [2.45, 2.75) is 30.9 Å². The summed E-state index contributed by atoms with van der Waals surface area (Å²) in [5.41, 5.74) is 0.474. The molecule has 1 unspecified atom stereocenters. The summed E-state index contributed by atoms with van der Waals surface area (Å²) in [6.45, 7) is 6.38. The van der Waals surface area contributed by atoms with E-state index in [1.165, 1.54) is 0 Å². The molecule has 1 atom stereocenters. The molecule has 0 fully saturated rings. The van der Waals surface area contributed by atoms with Crippen molar-refractivity contribution < 1.29 is 8.42 Å². The van der Waals surface area contributed by atoms with Gasteiger partial charge in [0.15, 0.2) is 9.84 Å². The van der Waals surface area contributed by atoms with Crippen molar-refractivity contribution in [2.24, 2.45) is 5.41 Å². The van der Waals surface area contributed by atoms with Crippen molar-refractivity contribution in [3.05, 3.63) is 24.3 Å². The maximum Gasteiger partial charge on any atom is 0.185 e. The zero-order chi connectivity index (χ0) is 12.0. The van der Waals surface area contributed by atoms with E-state index in [1.807, 2.05) is 32.9 Å². The number of anilines is 1. The molecule has 1 N–H and O–H groups in total. The maximum absolute atomic E-state index is 12.4. The Kier molecular flexibility index (Phi) is 2.49. The zero-order valence-corrected chi connectivity index (χ0v) is 10.6. The molecule has 88 valence electrons. The molecule has 0 aliphatic carbocycles. The van der Waals surface area contributed by atoms with E-state index in [1.54, 1.807) is 12.1 Å². The first-order valence-corrected chi connectivity index (χ1v) is 6.95. The molecule has 1 aromatic rings. The second-order valence-electron chi connectivity index (χ2n) is 5.28. The van der Waals surface area contributed by atoms with Gasteiger partial charge in [-0.1, -0.05) is 32.9 Å². The summed E-state index contributed by atoms with van der Waals surface area (Å²) >= 11 is 0. The number of hydrogen-bond acceptors (Lipinski definition) is 3. The van der Waals surface area contributed by atoms with Crippen molar-refractivity contribution in [3.63, 3.8) is 0 Å². The molecule has 1 heterocycles. The molecule has 2 rings (SSSR count). The summed E-state index contributed by atoms with van der Waals surface area (Å²) in [5.74, 6) is 0. The first-order chi connectivity index (χ1) is 7.33. The van der Waals surface area contributed by atoms with Crippen molar-refractivity contribution >= 4 is 15.5 Å². The van der Waals surface area contributed by atoms with E-state index in [2.05, 4.69) is 5.32 Å². The highest BCUT2D eigenvalue weighted by molar-refractivity contribution is 7.92. The van der Waals surface area contributed by atoms with Crippen LogP contribution in [0.25, 0.3) is 0 Å². The number of benzene rings is 1. The van der Waals surface area contributed by atoms with Gasteiger partial charge in [0.25, 0.3) is 0 Å². The molecule has 0 bridgehead atoms. The fraction of sp³-hybridized carbons (Fsp3) is 0.500. The standard InChI is InChI=1S/C12H17NO2S/c1-12(2,3)11-8-13-9-6-4-5-7-10(9)16(11,14)15/h4-7,11,13H,8H2,1-3H3. The van der Waals surface area contributed by atoms with Crippen LogP contribution in [0.2, 0.25) is 0 Å². The lowest BCUT2D eigenvalue weighted by Gasteiger charge is -2.34. The van der Waals surface area contributed by atoms with Gasteiger partial charge in [-0.05, 0) is 17.5 Å². The summed E-state index contributed by atoms with van der Waals surface area (Å²) in [5, 5.41) is 2.83. The third kappa shape index (κ3) is 1.71. The molecular weight excluding hydrogens is 222 g/mol. The van der Waals surface area contributed by atoms with Crippen molar-refractivity contribution in [1.82, 2.24) is 0 Å². The quantitative estimate of drug-likeness (QED) is 0.755. The third-order valence-electron chi connectivity index (χ3n) is 3.01. The van der Waals surface area contributed by atoms with Crippen LogP contribution >= 0.6 is 0 Å². The molecule has 0 aromatic heterocycles. The van der Waals surface area contributed by atoms with Crippen LogP contribution in [0.15, 0.2) is 29.2 Å². The van der Waals surface area contributed by atoms with E-state index in [9.17, 15) is 8.42 Å². The zero-order valence-electron chi connectivity index (χ0n) is 9.82. The summed E-state index contributed by atoms with van der Waals surface area (Å²) in [7, 11) is -3.20. The minimum atomic E-state index is -3.20. The second kappa shape index (κ2) is 3.48. The smallest absolute Gasteiger partial charge is 0.185 e. The minimum Gasteiger partial charge on any atom is -0.383 e. The topological polar surface area (TPSA) is 46.2 Å². The molecule has 1 aromatic carbocycles. The number of rotatable bonds is 0. The summed E-state index contributed by atoms with van der Waals surface area (Å²) in [6.07, 6.45) is 0. The summed E-state index contributed by atoms with van der Waals surface area (Å²) in [4.78, 5) is 0.432. The number of sulfone groups is 1. The second-order valence-corrected chi connectivity index (χ2v) is 7.38. The lowest BCUT2D eigenvalue weighted by molar-refractivity contribution is 0.382. The first-order valence-electron chi connectivity index (χ1n) is 5.40. The molecular formula is C12H17NO2S. The van der Waals surface area contributed by atoms with E-state index >= 15 is 0 Å². The van der Waals surface area contributed by atoms with Crippen LogP contribution in [0.3, 0.4) is 0 Å². The van der Waals surface area contributed by atoms with Crippen molar-refractivity contribution in [3.8, 4) is 0 Å². The van der Waals surface area contributed by atoms with E-state index in [-0.39, 0.29) is 10.7 Å². The Bertz CT molecular complexity index is 500. The SMILES string of the molecule is CC(C)(C)C1CNc2ccccc2S1(=O)=O. The van der Waals surface area contributed by atoms with Gasteiger partial charge in [-0.3, -0.25) is 0 Å². The van der Waals surface area contributed by atoms with Crippen LogP contribution in [-0.4, -0.2) is 20.2 Å². The van der Waals surface area contributed by atoms with Gasteiger partial charge in [0, 0.05) is 6.54 Å². The summed E-state index contributed by atoms with van der Waals surface area (Å²) < 4.78 is 24.8. The van der Waals surface area contributed by atoms with Crippen LogP contribution in [-0.2, 0) is 9.84 Å². The Balaban J connectivity index is 2.57. The molecule has 1 aliphatic heterocycles. The Morgan fingerprint density at radius 3 is 2.50 bits per heavy atom. The van der Waals surface area contributed by atoms with Crippen LogP contribution in [0.1, 0.15) is 20.8 Å². The van der Waals surface area contributed by atoms with Crippen LogP contribution < -0.4 is 5.32 Å². The molecule has 0 radical (unpaired) electrons. The fourth-order valence-corrected chi connectivity index (χ4v) is 4.35. The Morgan fingerprint density at radius 1 is 1.25 bits per heavy atom. The molecule has 1 aliphatic rings. The van der Waals surface area contributed by atoms with Crippen molar-refractivity contribution in [2.75, 3.05) is 11.9 Å². The molecule has 0 saturated heterocycles. The third-order valence-corrected chi connectivity index (χ3v) is 5.60. The van der Waals surface area contributed by atoms with E-state index in [0.717, 1.165) is 5.69 Å². The van der Waals surface area contributed by atoms with Crippen LogP contribution in [0.4, 0.5) is 5.69 Å². The highest BCUT2D eigenvalue weighted by Crippen LogP contribution is 2.36. The van der Waals surface area contributed by atoms with Crippen LogP contribution in [0.5, 0.6) is 0 Å². The van der Waals surface area contributed by atoms with E-state index in [4.69, 9.17) is 0 Å². The van der Waals surface area contributed by atoms with Gasteiger partial charge in [-0.25, -0.2) is 8.42 Å². The first kappa shape index (κ1) is 11.5. The lowest BCUT2D eigenvalue weighted by Crippen LogP contribution is -2.43. The van der Waals surface area contributed by atoms with Gasteiger partial charge in [0.05, 0.1) is 15.8 Å². The lowest BCUT2D eigenvalue weighted by atomic mass is 9.91. The normalized spacial score (nSPS) is 23.3. The number of fused-ring (bicyclic) bond motifs is 1. The number of para-hydroxylation sites is 1. The minimum absolute atomic E-state index is 0.251. The average molecular weight is 239 g/mol. The largest absolute Gasteiger partial charge is 0.383 e. The average Bonchev–Trinajstić information content (AvgIpc) is 2.15. The van der Waals surface area contributed by atoms with Gasteiger partial charge in [0.1, 0.15) is 0 Å². The Morgan fingerprint density at radius 2 is 1.88 bits per heavy atom. The highest BCUT2D eigenvalue weighted by atomic mass is 32.2. The van der Waals surface area contributed by atoms with Gasteiger partial charge in [0.2, 0.25) is 0 Å². The Labute approximate surface area is 96.8 Å². The molecule has 3 nitrogen and oxygen atoms in total. The van der Waals surface area contributed by atoms with Gasteiger partial charge in [-0.2, -0.15) is 0 Å². The highest BCUT2D eigenvalue weighted by Gasteiger charge is 2.40. The monoisotopic (exact) mass is 239 g/mol. The molecule has 0 amide bonds. The Hall–Kier alpha value is -1.03. The predicted molar refractivity (Wildman–Crippen MR) is 65.4 cm³/mol. The van der Waals surface area contributed by atoms with E-state index < -0.39 is 9.84 Å². The van der Waals surface area contributed by atoms with Crippen molar-refractivity contribution in [1.29, 1.82) is 0 Å². The summed E-state index contributed by atoms with van der Waals surface area (Å²) in [6, 6.07) is 7.10. The predicted octanol–water partition coefficient (Wildman–Crippen LogP) is 2.30. The molecule has 0 saturated carbocycles. The van der Waals surface area contributed by atoms with Gasteiger partial charge in [-0.15, -0.1) is 0 Å². The molecule has 0 spiro atoms. The van der Waals surface area contributed by atoms with Crippen LogP contribution in [0, 0.1) is 5.41 Å².